The number of carbonyl (C=O) groups excluding carboxylic acids is 2. The molecule has 1 amide bonds. The van der Waals surface area contributed by atoms with E-state index in [4.69, 9.17) is 21.1 Å². The van der Waals surface area contributed by atoms with E-state index in [2.05, 4.69) is 12.2 Å². The van der Waals surface area contributed by atoms with Gasteiger partial charge >= 0.3 is 5.97 Å². The first-order chi connectivity index (χ1) is 13.0. The number of amides is 1. The summed E-state index contributed by atoms with van der Waals surface area (Å²) < 4.78 is 10.3. The molecule has 5 nitrogen and oxygen atoms in total. The van der Waals surface area contributed by atoms with E-state index in [-0.39, 0.29) is 5.70 Å². The van der Waals surface area contributed by atoms with Crippen LogP contribution in [0.1, 0.15) is 35.7 Å². The van der Waals surface area contributed by atoms with Gasteiger partial charge in [0.15, 0.2) is 0 Å². The maximum atomic E-state index is 12.5. The molecule has 0 atom stereocenters. The zero-order chi connectivity index (χ0) is 19.6. The Balaban J connectivity index is 2.11. The lowest BCUT2D eigenvalue weighted by Crippen LogP contribution is -2.28. The molecule has 0 saturated carbocycles. The average molecular weight is 388 g/mol. The molecule has 0 fully saturated rings. The van der Waals surface area contributed by atoms with E-state index in [0.29, 0.717) is 28.5 Å². The lowest BCUT2D eigenvalue weighted by Gasteiger charge is -2.10. The third kappa shape index (κ3) is 6.46. The number of nitrogens with one attached hydrogen (secondary N) is 1. The molecule has 0 aliphatic rings. The molecule has 1 N–H and O–H groups in total. The summed E-state index contributed by atoms with van der Waals surface area (Å²) in [5.74, 6) is -0.358. The van der Waals surface area contributed by atoms with E-state index >= 15 is 0 Å². The van der Waals surface area contributed by atoms with E-state index in [1.54, 1.807) is 48.5 Å². The van der Waals surface area contributed by atoms with Crippen molar-refractivity contribution >= 4 is 29.6 Å². The molecule has 2 rings (SSSR count). The molecule has 0 saturated heterocycles. The first kappa shape index (κ1) is 20.5. The number of halogens is 1. The van der Waals surface area contributed by atoms with Crippen LogP contribution in [0, 0.1) is 0 Å². The summed E-state index contributed by atoms with van der Waals surface area (Å²) in [6, 6.07) is 13.6. The number of methoxy groups -OCH3 is 1. The second-order valence-electron chi connectivity index (χ2n) is 5.78. The van der Waals surface area contributed by atoms with Crippen molar-refractivity contribution in [3.05, 3.63) is 70.4 Å². The van der Waals surface area contributed by atoms with Crippen LogP contribution in [0.2, 0.25) is 5.02 Å². The molecule has 2 aromatic rings. The molecule has 0 aliphatic heterocycles. The normalized spacial score (nSPS) is 11.0. The lowest BCUT2D eigenvalue weighted by molar-refractivity contribution is -0.136. The highest BCUT2D eigenvalue weighted by molar-refractivity contribution is 6.30. The van der Waals surface area contributed by atoms with Crippen LogP contribution < -0.4 is 10.1 Å². The Morgan fingerprint density at radius 3 is 2.33 bits per heavy atom. The SMILES string of the molecule is CCCCOc1ccc(C(=O)N/C(=C\c2ccc(Cl)cc2)C(=O)OC)cc1. The Bertz CT molecular complexity index is 798. The molecule has 27 heavy (non-hydrogen) atoms. The van der Waals surface area contributed by atoms with Gasteiger partial charge in [0.2, 0.25) is 0 Å². The van der Waals surface area contributed by atoms with Crippen LogP contribution in [0.4, 0.5) is 0 Å². The van der Waals surface area contributed by atoms with Crippen LogP contribution in [0.15, 0.2) is 54.2 Å². The molecule has 0 bridgehead atoms. The van der Waals surface area contributed by atoms with Gasteiger partial charge in [0, 0.05) is 10.6 Å². The van der Waals surface area contributed by atoms with Crippen molar-refractivity contribution in [2.45, 2.75) is 19.8 Å². The molecular formula is C21H22ClNO4. The van der Waals surface area contributed by atoms with Crippen LogP contribution in [0.5, 0.6) is 5.75 Å². The monoisotopic (exact) mass is 387 g/mol. The maximum absolute atomic E-state index is 12.5. The molecule has 0 unspecified atom stereocenters. The van der Waals surface area contributed by atoms with Crippen LogP contribution in [0.3, 0.4) is 0 Å². The minimum atomic E-state index is -0.641. The van der Waals surface area contributed by atoms with Gasteiger partial charge in [0.1, 0.15) is 11.4 Å². The Hall–Kier alpha value is -2.79. The smallest absolute Gasteiger partial charge is 0.354 e. The Kier molecular flexibility index (Phi) is 7.89. The summed E-state index contributed by atoms with van der Waals surface area (Å²) in [5.41, 5.74) is 1.15. The minimum Gasteiger partial charge on any atom is -0.494 e. The number of rotatable bonds is 8. The largest absolute Gasteiger partial charge is 0.494 e. The highest BCUT2D eigenvalue weighted by Gasteiger charge is 2.15. The predicted molar refractivity (Wildman–Crippen MR) is 106 cm³/mol. The van der Waals surface area contributed by atoms with Crippen molar-refractivity contribution in [2.24, 2.45) is 0 Å². The molecule has 6 heteroatoms. The van der Waals surface area contributed by atoms with Crippen molar-refractivity contribution in [1.82, 2.24) is 5.32 Å². The average Bonchev–Trinajstić information content (AvgIpc) is 2.69. The van der Waals surface area contributed by atoms with E-state index in [9.17, 15) is 9.59 Å². The van der Waals surface area contributed by atoms with E-state index < -0.39 is 11.9 Å². The number of carbonyl (C=O) groups is 2. The second kappa shape index (κ2) is 10.4. The molecule has 0 spiro atoms. The summed E-state index contributed by atoms with van der Waals surface area (Å²) in [5, 5.41) is 3.17. The van der Waals surface area contributed by atoms with E-state index in [0.717, 1.165) is 12.8 Å². The fourth-order valence-corrected chi connectivity index (χ4v) is 2.34. The standard InChI is InChI=1S/C21H22ClNO4/c1-3-4-13-27-18-11-7-16(8-12-18)20(24)23-19(21(25)26-2)14-15-5-9-17(22)10-6-15/h5-12,14H,3-4,13H2,1-2H3,(H,23,24)/b19-14-. The van der Waals surface area contributed by atoms with E-state index in [1.807, 2.05) is 0 Å². The third-order valence-electron chi connectivity index (χ3n) is 3.72. The fraction of sp³-hybridized carbons (Fsp3) is 0.238. The molecule has 0 heterocycles. The highest BCUT2D eigenvalue weighted by Crippen LogP contribution is 2.15. The first-order valence-corrected chi connectivity index (χ1v) is 9.01. The summed E-state index contributed by atoms with van der Waals surface area (Å²) in [6.07, 6.45) is 3.55. The van der Waals surface area contributed by atoms with Gasteiger partial charge in [-0.2, -0.15) is 0 Å². The molecule has 0 aliphatic carbocycles. The fourth-order valence-electron chi connectivity index (χ4n) is 2.21. The predicted octanol–water partition coefficient (Wildman–Crippen LogP) is 4.46. The Labute approximate surface area is 163 Å². The Morgan fingerprint density at radius 2 is 1.74 bits per heavy atom. The molecule has 2 aromatic carbocycles. The number of hydrogen-bond donors (Lipinski definition) is 1. The van der Waals surface area contributed by atoms with Gasteiger partial charge in [-0.1, -0.05) is 37.1 Å². The van der Waals surface area contributed by atoms with Crippen molar-refractivity contribution in [2.75, 3.05) is 13.7 Å². The van der Waals surface area contributed by atoms with Crippen LogP contribution in [0.25, 0.3) is 6.08 Å². The van der Waals surface area contributed by atoms with Gasteiger partial charge in [-0.15, -0.1) is 0 Å². The van der Waals surface area contributed by atoms with Crippen molar-refractivity contribution < 1.29 is 19.1 Å². The van der Waals surface area contributed by atoms with Gasteiger partial charge in [-0.05, 0) is 54.5 Å². The van der Waals surface area contributed by atoms with Crippen LogP contribution in [-0.4, -0.2) is 25.6 Å². The topological polar surface area (TPSA) is 64.6 Å². The maximum Gasteiger partial charge on any atom is 0.354 e. The Morgan fingerprint density at radius 1 is 1.07 bits per heavy atom. The first-order valence-electron chi connectivity index (χ1n) is 8.63. The highest BCUT2D eigenvalue weighted by atomic mass is 35.5. The van der Waals surface area contributed by atoms with Crippen molar-refractivity contribution in [1.29, 1.82) is 0 Å². The molecular weight excluding hydrogens is 366 g/mol. The summed E-state index contributed by atoms with van der Waals surface area (Å²) >= 11 is 5.86. The number of hydrogen-bond acceptors (Lipinski definition) is 4. The third-order valence-corrected chi connectivity index (χ3v) is 3.97. The minimum absolute atomic E-state index is 0.0353. The summed E-state index contributed by atoms with van der Waals surface area (Å²) in [6.45, 7) is 2.73. The molecule has 0 aromatic heterocycles. The number of unbranched alkanes of at least 4 members (excludes halogenated alkanes) is 1. The molecule has 0 radical (unpaired) electrons. The summed E-state index contributed by atoms with van der Waals surface area (Å²) in [7, 11) is 1.26. The van der Waals surface area contributed by atoms with Crippen LogP contribution in [-0.2, 0) is 9.53 Å². The van der Waals surface area contributed by atoms with Crippen molar-refractivity contribution in [3.63, 3.8) is 0 Å². The second-order valence-corrected chi connectivity index (χ2v) is 6.22. The number of benzene rings is 2. The summed E-state index contributed by atoms with van der Waals surface area (Å²) in [4.78, 5) is 24.5. The van der Waals surface area contributed by atoms with Gasteiger partial charge < -0.3 is 14.8 Å². The number of ether oxygens (including phenoxy) is 2. The van der Waals surface area contributed by atoms with Crippen molar-refractivity contribution in [3.8, 4) is 5.75 Å². The number of esters is 1. The quantitative estimate of drug-likeness (QED) is 0.412. The van der Waals surface area contributed by atoms with Gasteiger partial charge in [-0.3, -0.25) is 4.79 Å². The van der Waals surface area contributed by atoms with Crippen LogP contribution >= 0.6 is 11.6 Å². The van der Waals surface area contributed by atoms with Gasteiger partial charge in [-0.25, -0.2) is 4.79 Å². The van der Waals surface area contributed by atoms with Gasteiger partial charge in [0.25, 0.3) is 5.91 Å². The zero-order valence-electron chi connectivity index (χ0n) is 15.3. The lowest BCUT2D eigenvalue weighted by atomic mass is 10.1. The zero-order valence-corrected chi connectivity index (χ0v) is 16.1. The molecule has 142 valence electrons. The van der Waals surface area contributed by atoms with E-state index in [1.165, 1.54) is 13.2 Å². The van der Waals surface area contributed by atoms with Gasteiger partial charge in [0.05, 0.1) is 13.7 Å².